The lowest BCUT2D eigenvalue weighted by Gasteiger charge is -2.06. The summed E-state index contributed by atoms with van der Waals surface area (Å²) < 4.78 is 2.17. The summed E-state index contributed by atoms with van der Waals surface area (Å²) in [6, 6.07) is 23.8. The van der Waals surface area contributed by atoms with Crippen LogP contribution in [0.15, 0.2) is 97.0 Å². The Morgan fingerprint density at radius 2 is 1.71 bits per heavy atom. The van der Waals surface area contributed by atoms with Crippen LogP contribution in [0.3, 0.4) is 0 Å². The zero-order valence-electron chi connectivity index (χ0n) is 15.0. The van der Waals surface area contributed by atoms with Crippen LogP contribution in [0, 0.1) is 6.92 Å². The van der Waals surface area contributed by atoms with Crippen molar-refractivity contribution in [3.05, 3.63) is 99.0 Å². The number of aromatic nitrogens is 2. The van der Waals surface area contributed by atoms with E-state index in [0.29, 0.717) is 16.7 Å². The number of hydrogen-bond donors (Lipinski definition) is 0. The van der Waals surface area contributed by atoms with Gasteiger partial charge in [0.1, 0.15) is 5.82 Å². The minimum Gasteiger partial charge on any atom is -0.267 e. The molecule has 4 nitrogen and oxygen atoms in total. The summed E-state index contributed by atoms with van der Waals surface area (Å²) in [5.74, 6) is 0.548. The van der Waals surface area contributed by atoms with E-state index in [-0.39, 0.29) is 5.56 Å². The van der Waals surface area contributed by atoms with Gasteiger partial charge in [0.2, 0.25) is 0 Å². The van der Waals surface area contributed by atoms with E-state index in [2.05, 4.69) is 38.1 Å². The average Bonchev–Trinajstić information content (AvgIpc) is 2.70. The van der Waals surface area contributed by atoms with Crippen molar-refractivity contribution < 1.29 is 0 Å². The minimum absolute atomic E-state index is 0.184. The minimum atomic E-state index is -0.184. The summed E-state index contributed by atoms with van der Waals surface area (Å²) in [5.41, 5.74) is 1.40. The molecule has 0 bridgehead atoms. The molecule has 4 rings (SSSR count). The fourth-order valence-electron chi connectivity index (χ4n) is 2.77. The van der Waals surface area contributed by atoms with Crippen LogP contribution in [0.4, 0.5) is 0 Å². The van der Waals surface area contributed by atoms with Crippen molar-refractivity contribution in [3.63, 3.8) is 0 Å². The van der Waals surface area contributed by atoms with Crippen LogP contribution in [0.25, 0.3) is 10.9 Å². The first-order valence-corrected chi connectivity index (χ1v) is 10.3. The summed E-state index contributed by atoms with van der Waals surface area (Å²) >= 11 is 5.10. The Morgan fingerprint density at radius 1 is 1.00 bits per heavy atom. The van der Waals surface area contributed by atoms with E-state index in [1.807, 2.05) is 54.6 Å². The number of nitrogens with zero attached hydrogens (tertiary/aromatic N) is 3. The second-order valence-electron chi connectivity index (χ2n) is 6.17. The highest BCUT2D eigenvalue weighted by Gasteiger charge is 2.07. The van der Waals surface area contributed by atoms with Crippen LogP contribution in [0.1, 0.15) is 11.4 Å². The molecular formula is C22H16BrN3OS. The molecular weight excluding hydrogens is 434 g/mol. The maximum atomic E-state index is 12.8. The Hall–Kier alpha value is -2.70. The molecule has 1 heterocycles. The van der Waals surface area contributed by atoms with Gasteiger partial charge in [0.15, 0.2) is 0 Å². The number of hydrogen-bond acceptors (Lipinski definition) is 4. The molecule has 0 atom stereocenters. The van der Waals surface area contributed by atoms with E-state index in [1.165, 1.54) is 9.57 Å². The molecule has 0 radical (unpaired) electrons. The molecule has 28 heavy (non-hydrogen) atoms. The molecule has 3 aromatic carbocycles. The summed E-state index contributed by atoms with van der Waals surface area (Å²) in [5, 5.41) is 4.90. The van der Waals surface area contributed by atoms with Gasteiger partial charge in [-0.05, 0) is 55.0 Å². The predicted octanol–water partition coefficient (Wildman–Crippen LogP) is 5.50. The van der Waals surface area contributed by atoms with Crippen LogP contribution in [0.5, 0.6) is 0 Å². The predicted molar refractivity (Wildman–Crippen MR) is 118 cm³/mol. The summed E-state index contributed by atoms with van der Waals surface area (Å²) in [4.78, 5) is 19.6. The Balaban J connectivity index is 1.60. The van der Waals surface area contributed by atoms with Crippen LogP contribution < -0.4 is 5.56 Å². The largest absolute Gasteiger partial charge is 0.282 e. The first kappa shape index (κ1) is 18.7. The van der Waals surface area contributed by atoms with Crippen molar-refractivity contribution in [2.45, 2.75) is 16.7 Å². The molecule has 0 saturated heterocycles. The monoisotopic (exact) mass is 449 g/mol. The van der Waals surface area contributed by atoms with E-state index in [1.54, 1.807) is 31.0 Å². The van der Waals surface area contributed by atoms with Crippen LogP contribution in [-0.4, -0.2) is 15.9 Å². The Labute approximate surface area is 175 Å². The van der Waals surface area contributed by atoms with Crippen molar-refractivity contribution in [3.8, 4) is 0 Å². The van der Waals surface area contributed by atoms with Gasteiger partial charge in [0.25, 0.3) is 5.56 Å². The van der Waals surface area contributed by atoms with E-state index >= 15 is 0 Å². The smallest absolute Gasteiger partial charge is 0.267 e. The molecule has 0 spiro atoms. The molecule has 0 aliphatic rings. The van der Waals surface area contributed by atoms with Gasteiger partial charge in [0, 0.05) is 14.3 Å². The number of rotatable bonds is 4. The topological polar surface area (TPSA) is 47.2 Å². The van der Waals surface area contributed by atoms with Gasteiger partial charge in [-0.2, -0.15) is 9.78 Å². The molecule has 0 saturated carbocycles. The molecule has 6 heteroatoms. The SMILES string of the molecule is Cc1nc2ccc(Br)cc2c(=O)n1N=Cc1ccc(Sc2ccccc2)cc1. The number of benzene rings is 3. The second kappa shape index (κ2) is 8.12. The highest BCUT2D eigenvalue weighted by Crippen LogP contribution is 2.27. The standard InChI is InChI=1S/C22H16BrN3OS/c1-15-25-21-12-9-17(23)13-20(21)22(27)26(15)24-14-16-7-10-19(11-8-16)28-18-5-3-2-4-6-18/h2-14H,1H3. The fourth-order valence-corrected chi connectivity index (χ4v) is 3.97. The van der Waals surface area contributed by atoms with Gasteiger partial charge >= 0.3 is 0 Å². The van der Waals surface area contributed by atoms with Crippen LogP contribution in [0.2, 0.25) is 0 Å². The van der Waals surface area contributed by atoms with E-state index in [0.717, 1.165) is 14.9 Å². The highest BCUT2D eigenvalue weighted by molar-refractivity contribution is 9.10. The van der Waals surface area contributed by atoms with Gasteiger partial charge in [-0.3, -0.25) is 4.79 Å². The highest BCUT2D eigenvalue weighted by atomic mass is 79.9. The molecule has 0 N–H and O–H groups in total. The quantitative estimate of drug-likeness (QED) is 0.386. The lowest BCUT2D eigenvalue weighted by atomic mass is 10.2. The van der Waals surface area contributed by atoms with E-state index < -0.39 is 0 Å². The van der Waals surface area contributed by atoms with Crippen LogP contribution in [-0.2, 0) is 0 Å². The zero-order valence-corrected chi connectivity index (χ0v) is 17.4. The van der Waals surface area contributed by atoms with Crippen molar-refractivity contribution in [2.24, 2.45) is 5.10 Å². The molecule has 138 valence electrons. The first-order chi connectivity index (χ1) is 13.6. The van der Waals surface area contributed by atoms with Gasteiger partial charge in [-0.25, -0.2) is 4.98 Å². The fraction of sp³-hybridized carbons (Fsp3) is 0.0455. The van der Waals surface area contributed by atoms with Gasteiger partial charge < -0.3 is 0 Å². The van der Waals surface area contributed by atoms with Crippen molar-refractivity contribution in [2.75, 3.05) is 0 Å². The molecule has 0 unspecified atom stereocenters. The molecule has 0 aliphatic carbocycles. The van der Waals surface area contributed by atoms with Gasteiger partial charge in [-0.15, -0.1) is 0 Å². The Kier molecular flexibility index (Phi) is 5.41. The second-order valence-corrected chi connectivity index (χ2v) is 8.23. The van der Waals surface area contributed by atoms with E-state index in [9.17, 15) is 4.79 Å². The lowest BCUT2D eigenvalue weighted by molar-refractivity contribution is 0.771. The summed E-state index contributed by atoms with van der Waals surface area (Å²) in [7, 11) is 0. The maximum absolute atomic E-state index is 12.8. The zero-order chi connectivity index (χ0) is 19.5. The lowest BCUT2D eigenvalue weighted by Crippen LogP contribution is -2.20. The average molecular weight is 450 g/mol. The molecule has 0 amide bonds. The molecule has 0 fully saturated rings. The van der Waals surface area contributed by atoms with Crippen molar-refractivity contribution in [1.29, 1.82) is 0 Å². The molecule has 4 aromatic rings. The van der Waals surface area contributed by atoms with Crippen molar-refractivity contribution >= 4 is 44.8 Å². The van der Waals surface area contributed by atoms with Crippen LogP contribution >= 0.6 is 27.7 Å². The summed E-state index contributed by atoms with van der Waals surface area (Å²) in [6.45, 7) is 1.78. The maximum Gasteiger partial charge on any atom is 0.282 e. The third-order valence-electron chi connectivity index (χ3n) is 4.15. The number of aryl methyl sites for hydroxylation is 1. The van der Waals surface area contributed by atoms with E-state index in [4.69, 9.17) is 0 Å². The van der Waals surface area contributed by atoms with Crippen molar-refractivity contribution in [1.82, 2.24) is 9.66 Å². The molecule has 0 aliphatic heterocycles. The molecule has 1 aromatic heterocycles. The first-order valence-electron chi connectivity index (χ1n) is 8.66. The number of halogens is 1. The third kappa shape index (κ3) is 4.08. The number of fused-ring (bicyclic) bond motifs is 1. The Morgan fingerprint density at radius 3 is 2.46 bits per heavy atom. The Bertz CT molecular complexity index is 1220. The summed E-state index contributed by atoms with van der Waals surface area (Å²) in [6.07, 6.45) is 1.68. The third-order valence-corrected chi connectivity index (χ3v) is 5.66. The normalized spacial score (nSPS) is 11.4. The van der Waals surface area contributed by atoms with Gasteiger partial charge in [-0.1, -0.05) is 58.0 Å². The van der Waals surface area contributed by atoms with Gasteiger partial charge in [0.05, 0.1) is 17.1 Å².